The summed E-state index contributed by atoms with van der Waals surface area (Å²) in [6.45, 7) is 6.99. The van der Waals surface area contributed by atoms with E-state index >= 15 is 0 Å². The fourth-order valence-electron chi connectivity index (χ4n) is 3.78. The number of allylic oxidation sites excluding steroid dienone is 1. The Morgan fingerprint density at radius 3 is 2.62 bits per heavy atom. The molecule has 34 heavy (non-hydrogen) atoms. The van der Waals surface area contributed by atoms with E-state index in [1.165, 1.54) is 23.0 Å². The van der Waals surface area contributed by atoms with E-state index in [4.69, 9.17) is 0 Å². The molecule has 6 nitrogen and oxygen atoms in total. The minimum Gasteiger partial charge on any atom is -0.337 e. The summed E-state index contributed by atoms with van der Waals surface area (Å²) in [4.78, 5) is 8.53. The van der Waals surface area contributed by atoms with Gasteiger partial charge in [0, 0.05) is 24.3 Å². The van der Waals surface area contributed by atoms with Crippen molar-refractivity contribution in [2.45, 2.75) is 39.4 Å². The van der Waals surface area contributed by atoms with E-state index in [1.807, 2.05) is 32.0 Å². The summed E-state index contributed by atoms with van der Waals surface area (Å²) in [6.07, 6.45) is -1.83. The van der Waals surface area contributed by atoms with Gasteiger partial charge in [0.25, 0.3) is 6.43 Å². The number of fused-ring (bicyclic) bond motifs is 1. The number of imidazole rings is 1. The molecule has 0 aliphatic rings. The van der Waals surface area contributed by atoms with Crippen molar-refractivity contribution in [3.63, 3.8) is 0 Å². The Kier molecular flexibility index (Phi) is 6.11. The number of halogens is 5. The fraction of sp³-hybridized carbons (Fsp3) is 0.261. The Balaban J connectivity index is 1.77. The van der Waals surface area contributed by atoms with E-state index in [9.17, 15) is 22.0 Å². The second-order valence-electron chi connectivity index (χ2n) is 7.75. The SMILES string of the molecule is C=C(C)c1ccc(Nc2nccn3c(-c4cn(CC(F)F)nc4C(F)(F)F)cnc23)cc1CC. The molecule has 0 saturated heterocycles. The minimum atomic E-state index is -4.83. The number of nitrogens with one attached hydrogen (secondary N) is 1. The third kappa shape index (κ3) is 4.50. The number of aromatic nitrogens is 5. The number of hydrogen-bond donors (Lipinski definition) is 1. The van der Waals surface area contributed by atoms with Gasteiger partial charge in [0.05, 0.1) is 17.5 Å². The molecule has 0 aliphatic carbocycles. The lowest BCUT2D eigenvalue weighted by molar-refractivity contribution is -0.141. The van der Waals surface area contributed by atoms with Crippen LogP contribution in [0.4, 0.5) is 33.5 Å². The van der Waals surface area contributed by atoms with Gasteiger partial charge in [0.15, 0.2) is 17.2 Å². The second kappa shape index (κ2) is 8.88. The van der Waals surface area contributed by atoms with Gasteiger partial charge in [-0.1, -0.05) is 25.1 Å². The van der Waals surface area contributed by atoms with Gasteiger partial charge in [-0.25, -0.2) is 18.7 Å². The molecule has 0 radical (unpaired) electrons. The van der Waals surface area contributed by atoms with Gasteiger partial charge in [-0.3, -0.25) is 9.08 Å². The second-order valence-corrected chi connectivity index (χ2v) is 7.75. The number of rotatable bonds is 7. The van der Waals surface area contributed by atoms with Crippen molar-refractivity contribution < 1.29 is 22.0 Å². The third-order valence-electron chi connectivity index (χ3n) is 5.27. The summed E-state index contributed by atoms with van der Waals surface area (Å²) in [6, 6.07) is 5.75. The first-order chi connectivity index (χ1) is 16.1. The first kappa shape index (κ1) is 23.4. The van der Waals surface area contributed by atoms with Crippen LogP contribution >= 0.6 is 0 Å². The van der Waals surface area contributed by atoms with Crippen LogP contribution in [-0.2, 0) is 19.1 Å². The lowest BCUT2D eigenvalue weighted by Crippen LogP contribution is -2.11. The number of benzene rings is 1. The standard InChI is InChI=1S/C23H21F5N6/c1-4-14-9-15(5-6-16(14)13(2)3)31-21-22-30-10-18(34(22)8-7-29-21)17-11-33(12-19(24)25)32-20(17)23(26,27)28/h5-11,19H,2,4,12H2,1,3H3,(H,29,31). The maximum absolute atomic E-state index is 13.6. The first-order valence-corrected chi connectivity index (χ1v) is 10.4. The summed E-state index contributed by atoms with van der Waals surface area (Å²) in [5.41, 5.74) is 2.51. The van der Waals surface area contributed by atoms with Crippen LogP contribution in [0.25, 0.3) is 22.5 Å². The van der Waals surface area contributed by atoms with Crippen molar-refractivity contribution in [2.75, 3.05) is 5.32 Å². The first-order valence-electron chi connectivity index (χ1n) is 10.4. The Labute approximate surface area is 191 Å². The van der Waals surface area contributed by atoms with Crippen LogP contribution in [-0.4, -0.2) is 30.6 Å². The van der Waals surface area contributed by atoms with Crippen LogP contribution in [0.15, 0.2) is 49.6 Å². The molecule has 4 rings (SSSR count). The molecular formula is C23H21F5N6. The molecule has 0 saturated carbocycles. The number of alkyl halides is 5. The predicted octanol–water partition coefficient (Wildman–Crippen LogP) is 6.22. The van der Waals surface area contributed by atoms with E-state index < -0.39 is 24.8 Å². The monoisotopic (exact) mass is 476 g/mol. The molecular weight excluding hydrogens is 455 g/mol. The number of aryl methyl sites for hydroxylation is 1. The molecule has 0 fully saturated rings. The van der Waals surface area contributed by atoms with E-state index in [2.05, 4.69) is 27.0 Å². The molecule has 1 N–H and O–H groups in total. The van der Waals surface area contributed by atoms with Crippen LogP contribution in [0.2, 0.25) is 0 Å². The summed E-state index contributed by atoms with van der Waals surface area (Å²) in [7, 11) is 0. The molecule has 0 amide bonds. The van der Waals surface area contributed by atoms with Gasteiger partial charge in [0.2, 0.25) is 0 Å². The lowest BCUT2D eigenvalue weighted by Gasteiger charge is -2.12. The highest BCUT2D eigenvalue weighted by atomic mass is 19.4. The summed E-state index contributed by atoms with van der Waals surface area (Å²) >= 11 is 0. The molecule has 3 heterocycles. The van der Waals surface area contributed by atoms with E-state index in [0.717, 1.165) is 35.0 Å². The normalized spacial score (nSPS) is 12.0. The zero-order valence-corrected chi connectivity index (χ0v) is 18.4. The Bertz CT molecular complexity index is 1350. The Morgan fingerprint density at radius 2 is 1.97 bits per heavy atom. The molecule has 4 aromatic rings. The fourth-order valence-corrected chi connectivity index (χ4v) is 3.78. The van der Waals surface area contributed by atoms with Crippen LogP contribution in [0.1, 0.15) is 30.7 Å². The number of hydrogen-bond acceptors (Lipinski definition) is 4. The van der Waals surface area contributed by atoms with Gasteiger partial charge in [-0.2, -0.15) is 18.3 Å². The van der Waals surface area contributed by atoms with Crippen LogP contribution < -0.4 is 5.32 Å². The van der Waals surface area contributed by atoms with Crippen LogP contribution in [0.5, 0.6) is 0 Å². The van der Waals surface area contributed by atoms with E-state index in [1.54, 1.807) is 0 Å². The Morgan fingerprint density at radius 1 is 1.21 bits per heavy atom. The number of anilines is 2. The maximum atomic E-state index is 13.6. The van der Waals surface area contributed by atoms with Gasteiger partial charge in [0.1, 0.15) is 6.54 Å². The molecule has 1 aromatic carbocycles. The average molecular weight is 476 g/mol. The molecule has 0 aliphatic heterocycles. The van der Waals surface area contributed by atoms with Crippen LogP contribution in [0, 0.1) is 0 Å². The lowest BCUT2D eigenvalue weighted by atomic mass is 9.99. The highest BCUT2D eigenvalue weighted by Gasteiger charge is 2.38. The highest BCUT2D eigenvalue weighted by molar-refractivity contribution is 5.76. The number of nitrogens with zero attached hydrogens (tertiary/aromatic N) is 5. The zero-order chi connectivity index (χ0) is 24.6. The summed E-state index contributed by atoms with van der Waals surface area (Å²) in [5.74, 6) is 0.326. The van der Waals surface area contributed by atoms with Crippen molar-refractivity contribution in [1.82, 2.24) is 24.1 Å². The minimum absolute atomic E-state index is 0.0557. The van der Waals surface area contributed by atoms with Crippen LogP contribution in [0.3, 0.4) is 0 Å². The van der Waals surface area contributed by atoms with Crippen molar-refractivity contribution in [3.8, 4) is 11.3 Å². The van der Waals surface area contributed by atoms with E-state index in [0.29, 0.717) is 10.5 Å². The summed E-state index contributed by atoms with van der Waals surface area (Å²) in [5, 5.41) is 6.51. The largest absolute Gasteiger partial charge is 0.435 e. The molecule has 0 atom stereocenters. The molecule has 0 bridgehead atoms. The highest BCUT2D eigenvalue weighted by Crippen LogP contribution is 2.37. The molecule has 11 heteroatoms. The van der Waals surface area contributed by atoms with Gasteiger partial charge >= 0.3 is 6.18 Å². The quantitative estimate of drug-likeness (QED) is 0.322. The average Bonchev–Trinajstić information content (AvgIpc) is 3.37. The van der Waals surface area contributed by atoms with Crippen molar-refractivity contribution in [3.05, 3.63) is 66.4 Å². The molecule has 3 aromatic heterocycles. The van der Waals surface area contributed by atoms with Crippen molar-refractivity contribution in [2.24, 2.45) is 0 Å². The van der Waals surface area contributed by atoms with Crippen molar-refractivity contribution >= 4 is 22.7 Å². The van der Waals surface area contributed by atoms with Crippen molar-refractivity contribution in [1.29, 1.82) is 0 Å². The molecule has 178 valence electrons. The topological polar surface area (TPSA) is 60.0 Å². The molecule has 0 unspecified atom stereocenters. The Hall–Kier alpha value is -3.76. The van der Waals surface area contributed by atoms with Gasteiger partial charge in [-0.05, 0) is 36.6 Å². The van der Waals surface area contributed by atoms with E-state index in [-0.39, 0.29) is 16.9 Å². The smallest absolute Gasteiger partial charge is 0.337 e. The maximum Gasteiger partial charge on any atom is 0.435 e. The molecule has 0 spiro atoms. The predicted molar refractivity (Wildman–Crippen MR) is 119 cm³/mol. The van der Waals surface area contributed by atoms with Gasteiger partial charge < -0.3 is 5.32 Å². The third-order valence-corrected chi connectivity index (χ3v) is 5.27. The summed E-state index contributed by atoms with van der Waals surface area (Å²) < 4.78 is 68.3. The van der Waals surface area contributed by atoms with Gasteiger partial charge in [-0.15, -0.1) is 0 Å². The zero-order valence-electron chi connectivity index (χ0n) is 18.4.